The van der Waals surface area contributed by atoms with Gasteiger partial charge in [-0.15, -0.1) is 0 Å². The van der Waals surface area contributed by atoms with Crippen LogP contribution in [0.4, 0.5) is 0 Å². The molecule has 4 heteroatoms. The van der Waals surface area contributed by atoms with E-state index in [-0.39, 0.29) is 5.41 Å². The fourth-order valence-corrected chi connectivity index (χ4v) is 2.97. The molecule has 1 aliphatic carbocycles. The molecule has 2 rings (SSSR count). The summed E-state index contributed by atoms with van der Waals surface area (Å²) in [5, 5.41) is 1.83. The molecule has 0 saturated heterocycles. The molecule has 0 aliphatic heterocycles. The van der Waals surface area contributed by atoms with Crippen molar-refractivity contribution in [2.24, 2.45) is 5.73 Å². The maximum Gasteiger partial charge on any atom is 0.0473 e. The van der Waals surface area contributed by atoms with Crippen LogP contribution in [0.15, 0.2) is 12.1 Å². The normalized spacial score (nSPS) is 18.3. The molecule has 0 spiro atoms. The number of benzene rings is 1. The highest BCUT2D eigenvalue weighted by Crippen LogP contribution is 2.52. The third-order valence-electron chi connectivity index (χ3n) is 2.78. The molecule has 0 radical (unpaired) electrons. The topological polar surface area (TPSA) is 26.0 Å². The second kappa shape index (κ2) is 3.57. The van der Waals surface area contributed by atoms with E-state index in [0.29, 0.717) is 21.6 Å². The van der Waals surface area contributed by atoms with E-state index in [9.17, 15) is 0 Å². The fraction of sp³-hybridized carbons (Fsp3) is 0.400. The van der Waals surface area contributed by atoms with Crippen LogP contribution in [0.2, 0.25) is 15.1 Å². The van der Waals surface area contributed by atoms with Gasteiger partial charge in [0.15, 0.2) is 0 Å². The predicted octanol–water partition coefficient (Wildman–Crippen LogP) is 3.64. The molecule has 1 fully saturated rings. The van der Waals surface area contributed by atoms with Crippen LogP contribution in [0, 0.1) is 0 Å². The molecule has 0 aromatic heterocycles. The van der Waals surface area contributed by atoms with Gasteiger partial charge in [0.2, 0.25) is 0 Å². The first-order valence-electron chi connectivity index (χ1n) is 4.44. The summed E-state index contributed by atoms with van der Waals surface area (Å²) in [5.41, 5.74) is 6.70. The summed E-state index contributed by atoms with van der Waals surface area (Å²) in [6.07, 6.45) is 2.12. The first kappa shape index (κ1) is 10.6. The van der Waals surface area contributed by atoms with Crippen LogP contribution < -0.4 is 5.73 Å². The van der Waals surface area contributed by atoms with Crippen molar-refractivity contribution in [3.8, 4) is 0 Å². The van der Waals surface area contributed by atoms with Gasteiger partial charge in [-0.3, -0.25) is 0 Å². The molecular weight excluding hydrogens is 240 g/mol. The molecule has 1 aromatic rings. The zero-order valence-corrected chi connectivity index (χ0v) is 9.76. The van der Waals surface area contributed by atoms with Gasteiger partial charge in [0.1, 0.15) is 0 Å². The average Bonchev–Trinajstić information content (AvgIpc) is 2.83. The van der Waals surface area contributed by atoms with Gasteiger partial charge in [-0.2, -0.15) is 0 Å². The lowest BCUT2D eigenvalue weighted by Gasteiger charge is -2.16. The van der Waals surface area contributed by atoms with Crippen molar-refractivity contribution in [1.29, 1.82) is 0 Å². The average molecular weight is 251 g/mol. The Bertz CT molecular complexity index is 349. The van der Waals surface area contributed by atoms with Crippen molar-refractivity contribution in [2.45, 2.75) is 18.3 Å². The maximum absolute atomic E-state index is 6.11. The summed E-state index contributed by atoms with van der Waals surface area (Å²) < 4.78 is 0. The summed E-state index contributed by atoms with van der Waals surface area (Å²) in [6.45, 7) is 0.591. The van der Waals surface area contributed by atoms with Gasteiger partial charge in [-0.05, 0) is 30.5 Å². The molecule has 1 nitrogen and oxygen atoms in total. The van der Waals surface area contributed by atoms with E-state index in [1.165, 1.54) is 0 Å². The lowest BCUT2D eigenvalue weighted by Crippen LogP contribution is -2.20. The third-order valence-corrected chi connectivity index (χ3v) is 3.60. The molecule has 0 bridgehead atoms. The van der Waals surface area contributed by atoms with E-state index in [1.807, 2.05) is 0 Å². The fourth-order valence-electron chi connectivity index (χ4n) is 1.76. The minimum Gasteiger partial charge on any atom is -0.330 e. The molecule has 0 amide bonds. The van der Waals surface area contributed by atoms with Gasteiger partial charge >= 0.3 is 0 Å². The van der Waals surface area contributed by atoms with Crippen molar-refractivity contribution in [1.82, 2.24) is 0 Å². The molecule has 2 N–H and O–H groups in total. The van der Waals surface area contributed by atoms with Crippen LogP contribution in [0.1, 0.15) is 18.4 Å². The number of hydrogen-bond donors (Lipinski definition) is 1. The largest absolute Gasteiger partial charge is 0.330 e. The van der Waals surface area contributed by atoms with E-state index in [0.717, 1.165) is 18.4 Å². The third kappa shape index (κ3) is 1.63. The number of halogens is 3. The first-order chi connectivity index (χ1) is 6.59. The Kier molecular flexibility index (Phi) is 2.69. The summed E-state index contributed by atoms with van der Waals surface area (Å²) in [7, 11) is 0. The van der Waals surface area contributed by atoms with Crippen LogP contribution in [0.3, 0.4) is 0 Å². The second-order valence-electron chi connectivity index (χ2n) is 3.73. The molecule has 1 aliphatic rings. The lowest BCUT2D eigenvalue weighted by molar-refractivity contribution is 0.705. The smallest absolute Gasteiger partial charge is 0.0473 e. The SMILES string of the molecule is NCC1(c2c(Cl)cc(Cl)cc2Cl)CC1. The van der Waals surface area contributed by atoms with Gasteiger partial charge < -0.3 is 5.73 Å². The lowest BCUT2D eigenvalue weighted by atomic mass is 9.96. The van der Waals surface area contributed by atoms with E-state index in [2.05, 4.69) is 0 Å². The monoisotopic (exact) mass is 249 g/mol. The molecular formula is C10H10Cl3N. The minimum absolute atomic E-state index is 0.0127. The van der Waals surface area contributed by atoms with Crippen molar-refractivity contribution in [3.63, 3.8) is 0 Å². The van der Waals surface area contributed by atoms with Crippen LogP contribution >= 0.6 is 34.8 Å². The van der Waals surface area contributed by atoms with Crippen LogP contribution in [0.25, 0.3) is 0 Å². The van der Waals surface area contributed by atoms with Crippen LogP contribution in [-0.4, -0.2) is 6.54 Å². The van der Waals surface area contributed by atoms with Gasteiger partial charge in [-0.25, -0.2) is 0 Å². The van der Waals surface area contributed by atoms with Gasteiger partial charge in [-0.1, -0.05) is 34.8 Å². The Labute approximate surface area is 98.1 Å². The van der Waals surface area contributed by atoms with Crippen molar-refractivity contribution in [3.05, 3.63) is 32.8 Å². The molecule has 14 heavy (non-hydrogen) atoms. The summed E-state index contributed by atoms with van der Waals surface area (Å²) in [5.74, 6) is 0. The number of rotatable bonds is 2. The highest BCUT2D eigenvalue weighted by atomic mass is 35.5. The summed E-state index contributed by atoms with van der Waals surface area (Å²) >= 11 is 18.1. The summed E-state index contributed by atoms with van der Waals surface area (Å²) in [4.78, 5) is 0. The van der Waals surface area contributed by atoms with Crippen molar-refractivity contribution >= 4 is 34.8 Å². The molecule has 1 saturated carbocycles. The Balaban J connectivity index is 2.53. The minimum atomic E-state index is 0.0127. The van der Waals surface area contributed by atoms with Crippen LogP contribution in [0.5, 0.6) is 0 Å². The number of hydrogen-bond acceptors (Lipinski definition) is 1. The summed E-state index contributed by atoms with van der Waals surface area (Å²) in [6, 6.07) is 3.44. The van der Waals surface area contributed by atoms with Crippen molar-refractivity contribution in [2.75, 3.05) is 6.54 Å². The standard InChI is InChI=1S/C10H10Cl3N/c11-6-3-7(12)9(8(13)4-6)10(5-14)1-2-10/h3-4H,1-2,5,14H2. The Hall–Kier alpha value is 0.0500. The Morgan fingerprint density at radius 3 is 2.00 bits per heavy atom. The van der Waals surface area contributed by atoms with E-state index >= 15 is 0 Å². The zero-order chi connectivity index (χ0) is 10.3. The zero-order valence-electron chi connectivity index (χ0n) is 7.49. The number of nitrogens with two attached hydrogens (primary N) is 1. The highest BCUT2D eigenvalue weighted by Gasteiger charge is 2.45. The van der Waals surface area contributed by atoms with Crippen LogP contribution in [-0.2, 0) is 5.41 Å². The molecule has 0 heterocycles. The highest BCUT2D eigenvalue weighted by molar-refractivity contribution is 6.39. The second-order valence-corrected chi connectivity index (χ2v) is 4.98. The van der Waals surface area contributed by atoms with E-state index in [4.69, 9.17) is 40.5 Å². The first-order valence-corrected chi connectivity index (χ1v) is 5.57. The molecule has 1 aromatic carbocycles. The van der Waals surface area contributed by atoms with Gasteiger partial charge in [0.05, 0.1) is 0 Å². The Morgan fingerprint density at radius 2 is 1.64 bits per heavy atom. The predicted molar refractivity (Wildman–Crippen MR) is 61.4 cm³/mol. The molecule has 0 unspecified atom stereocenters. The Morgan fingerprint density at radius 1 is 1.14 bits per heavy atom. The molecule has 76 valence electrons. The van der Waals surface area contributed by atoms with E-state index in [1.54, 1.807) is 12.1 Å². The van der Waals surface area contributed by atoms with Crippen molar-refractivity contribution < 1.29 is 0 Å². The van der Waals surface area contributed by atoms with Gasteiger partial charge in [0, 0.05) is 27.0 Å². The molecule has 0 atom stereocenters. The van der Waals surface area contributed by atoms with E-state index < -0.39 is 0 Å². The maximum atomic E-state index is 6.11. The van der Waals surface area contributed by atoms with Gasteiger partial charge in [0.25, 0.3) is 0 Å². The quantitative estimate of drug-likeness (QED) is 0.852.